The highest BCUT2D eigenvalue weighted by Gasteiger charge is 2.22. The van der Waals surface area contributed by atoms with E-state index in [4.69, 9.17) is 9.84 Å². The number of nitrogens with zero attached hydrogens (tertiary/aromatic N) is 4. The molecule has 0 radical (unpaired) electrons. The number of aryl methyl sites for hydroxylation is 3. The van der Waals surface area contributed by atoms with Gasteiger partial charge in [0.1, 0.15) is 5.52 Å². The summed E-state index contributed by atoms with van der Waals surface area (Å²) in [4.78, 5) is 9.05. The molecule has 1 atom stereocenters. The van der Waals surface area contributed by atoms with Gasteiger partial charge in [0, 0.05) is 24.5 Å². The number of nitrogens with one attached hydrogen (secondary N) is 1. The quantitative estimate of drug-likeness (QED) is 0.448. The minimum atomic E-state index is 0.505. The summed E-state index contributed by atoms with van der Waals surface area (Å²) in [5.74, 6) is 0.582. The first-order valence-electron chi connectivity index (χ1n) is 11.4. The number of pyridine rings is 2. The third-order valence-electron chi connectivity index (χ3n) is 6.26. The van der Waals surface area contributed by atoms with Crippen molar-refractivity contribution in [3.63, 3.8) is 0 Å². The molecule has 1 N–H and O–H groups in total. The lowest BCUT2D eigenvalue weighted by Crippen LogP contribution is -2.35. The third kappa shape index (κ3) is 4.36. The van der Waals surface area contributed by atoms with Gasteiger partial charge < -0.3 is 10.1 Å². The molecule has 5 rings (SSSR count). The molecule has 6 heteroatoms. The van der Waals surface area contributed by atoms with Crippen molar-refractivity contribution in [2.24, 2.45) is 0 Å². The van der Waals surface area contributed by atoms with Crippen molar-refractivity contribution in [2.75, 3.05) is 13.7 Å². The fourth-order valence-corrected chi connectivity index (χ4v) is 4.45. The lowest BCUT2D eigenvalue weighted by molar-refractivity contribution is 0.399. The van der Waals surface area contributed by atoms with Crippen LogP contribution in [-0.4, -0.2) is 39.4 Å². The van der Waals surface area contributed by atoms with E-state index in [1.165, 1.54) is 22.4 Å². The third-order valence-corrected chi connectivity index (χ3v) is 6.26. The van der Waals surface area contributed by atoms with Crippen LogP contribution in [0.3, 0.4) is 0 Å². The van der Waals surface area contributed by atoms with Gasteiger partial charge in [-0.05, 0) is 68.8 Å². The van der Waals surface area contributed by atoms with E-state index < -0.39 is 0 Å². The number of fused-ring (bicyclic) bond motifs is 2. The zero-order valence-electron chi connectivity index (χ0n) is 18.7. The minimum Gasteiger partial charge on any atom is -0.481 e. The standard InChI is InChI=1S/C26H29N5O/c1-18-5-7-19(8-6-18)4-3-14-27-21-9-10-22-20(16-21)17-31(30-22)24-13-15-28-23-11-12-25(32-2)29-26(23)24/h5-8,11-13,15,17,21,27H,3-4,9-10,14,16H2,1-2H3. The van der Waals surface area contributed by atoms with Gasteiger partial charge in [-0.2, -0.15) is 5.10 Å². The second kappa shape index (κ2) is 9.09. The van der Waals surface area contributed by atoms with Gasteiger partial charge in [0.05, 0.1) is 24.0 Å². The van der Waals surface area contributed by atoms with Crippen molar-refractivity contribution in [1.82, 2.24) is 25.1 Å². The molecule has 3 heterocycles. The van der Waals surface area contributed by atoms with E-state index >= 15 is 0 Å². The van der Waals surface area contributed by atoms with Crippen molar-refractivity contribution >= 4 is 11.0 Å². The van der Waals surface area contributed by atoms with Crippen LogP contribution in [-0.2, 0) is 19.3 Å². The predicted molar refractivity (Wildman–Crippen MR) is 127 cm³/mol. The maximum atomic E-state index is 5.31. The summed E-state index contributed by atoms with van der Waals surface area (Å²) in [6, 6.07) is 15.1. The first-order valence-corrected chi connectivity index (χ1v) is 11.4. The van der Waals surface area contributed by atoms with Crippen LogP contribution in [0.2, 0.25) is 0 Å². The summed E-state index contributed by atoms with van der Waals surface area (Å²) in [6.07, 6.45) is 9.38. The molecule has 6 nitrogen and oxygen atoms in total. The maximum absolute atomic E-state index is 5.31. The largest absolute Gasteiger partial charge is 0.481 e. The Labute approximate surface area is 188 Å². The van der Waals surface area contributed by atoms with Gasteiger partial charge in [0.15, 0.2) is 0 Å². The summed E-state index contributed by atoms with van der Waals surface area (Å²) in [7, 11) is 1.63. The van der Waals surface area contributed by atoms with Gasteiger partial charge >= 0.3 is 0 Å². The van der Waals surface area contributed by atoms with Crippen LogP contribution in [0.25, 0.3) is 16.7 Å². The summed E-state index contributed by atoms with van der Waals surface area (Å²) < 4.78 is 7.27. The van der Waals surface area contributed by atoms with Crippen molar-refractivity contribution < 1.29 is 4.74 Å². The van der Waals surface area contributed by atoms with Crippen LogP contribution in [0.4, 0.5) is 0 Å². The van der Waals surface area contributed by atoms with E-state index in [1.807, 2.05) is 29.1 Å². The molecule has 0 fully saturated rings. The second-order valence-electron chi connectivity index (χ2n) is 8.58. The molecule has 32 heavy (non-hydrogen) atoms. The number of rotatable bonds is 7. The van der Waals surface area contributed by atoms with Gasteiger partial charge in [-0.1, -0.05) is 29.8 Å². The second-order valence-corrected chi connectivity index (χ2v) is 8.58. The topological polar surface area (TPSA) is 64.9 Å². The van der Waals surface area contributed by atoms with Gasteiger partial charge in [0.2, 0.25) is 5.88 Å². The Morgan fingerprint density at radius 2 is 2.00 bits per heavy atom. The predicted octanol–water partition coefficient (Wildman–Crippen LogP) is 4.21. The van der Waals surface area contributed by atoms with Crippen LogP contribution in [0.5, 0.6) is 5.88 Å². The SMILES string of the molecule is COc1ccc2nccc(-n3cc4c(n3)CCC(NCCCc3ccc(C)cc3)C4)c2n1. The zero-order chi connectivity index (χ0) is 21.9. The number of ether oxygens (including phenoxy) is 1. The molecule has 0 bridgehead atoms. The lowest BCUT2D eigenvalue weighted by Gasteiger charge is -2.22. The number of aromatic nitrogens is 4. The molecule has 0 saturated carbocycles. The highest BCUT2D eigenvalue weighted by Crippen LogP contribution is 2.25. The highest BCUT2D eigenvalue weighted by atomic mass is 16.5. The Morgan fingerprint density at radius 3 is 2.84 bits per heavy atom. The summed E-state index contributed by atoms with van der Waals surface area (Å²) in [5.41, 5.74) is 7.82. The Bertz CT molecular complexity index is 1210. The minimum absolute atomic E-state index is 0.505. The molecule has 1 aliphatic carbocycles. The average Bonchev–Trinajstić information content (AvgIpc) is 3.25. The Hall–Kier alpha value is -3.25. The number of hydrogen-bond donors (Lipinski definition) is 1. The van der Waals surface area contributed by atoms with Crippen LogP contribution in [0.15, 0.2) is 54.9 Å². The smallest absolute Gasteiger partial charge is 0.213 e. The number of benzene rings is 1. The number of hydrogen-bond acceptors (Lipinski definition) is 5. The van der Waals surface area contributed by atoms with E-state index in [0.717, 1.165) is 55.4 Å². The van der Waals surface area contributed by atoms with E-state index in [2.05, 4.69) is 52.7 Å². The van der Waals surface area contributed by atoms with Crippen LogP contribution >= 0.6 is 0 Å². The van der Waals surface area contributed by atoms with E-state index in [1.54, 1.807) is 7.11 Å². The van der Waals surface area contributed by atoms with Crippen LogP contribution in [0, 0.1) is 6.92 Å². The van der Waals surface area contributed by atoms with E-state index in [0.29, 0.717) is 11.9 Å². The molecule has 1 unspecified atom stereocenters. The van der Waals surface area contributed by atoms with E-state index in [9.17, 15) is 0 Å². The lowest BCUT2D eigenvalue weighted by atomic mass is 9.93. The Morgan fingerprint density at radius 1 is 1.12 bits per heavy atom. The molecule has 164 valence electrons. The summed E-state index contributed by atoms with van der Waals surface area (Å²) in [6.45, 7) is 3.18. The molecule has 0 aliphatic heterocycles. The van der Waals surface area contributed by atoms with E-state index in [-0.39, 0.29) is 0 Å². The molecule has 0 amide bonds. The monoisotopic (exact) mass is 427 g/mol. The summed E-state index contributed by atoms with van der Waals surface area (Å²) >= 11 is 0. The molecule has 0 spiro atoms. The normalized spacial score (nSPS) is 15.6. The van der Waals surface area contributed by atoms with Crippen LogP contribution < -0.4 is 10.1 Å². The maximum Gasteiger partial charge on any atom is 0.213 e. The Balaban J connectivity index is 1.24. The molecular formula is C26H29N5O. The van der Waals surface area contributed by atoms with Gasteiger partial charge in [0.25, 0.3) is 0 Å². The fourth-order valence-electron chi connectivity index (χ4n) is 4.45. The van der Waals surface area contributed by atoms with Crippen molar-refractivity contribution in [1.29, 1.82) is 0 Å². The molecule has 1 aliphatic rings. The molecule has 4 aromatic rings. The average molecular weight is 428 g/mol. The van der Waals surface area contributed by atoms with Crippen molar-refractivity contribution in [3.8, 4) is 11.6 Å². The van der Waals surface area contributed by atoms with Gasteiger partial charge in [-0.3, -0.25) is 4.98 Å². The Kier molecular flexibility index (Phi) is 5.86. The van der Waals surface area contributed by atoms with Crippen molar-refractivity contribution in [3.05, 3.63) is 77.2 Å². The molecule has 1 aromatic carbocycles. The molecule has 3 aromatic heterocycles. The zero-order valence-corrected chi connectivity index (χ0v) is 18.7. The number of methoxy groups -OCH3 is 1. The van der Waals surface area contributed by atoms with Crippen molar-refractivity contribution in [2.45, 2.75) is 45.1 Å². The van der Waals surface area contributed by atoms with Crippen LogP contribution in [0.1, 0.15) is 35.2 Å². The highest BCUT2D eigenvalue weighted by molar-refractivity contribution is 5.83. The summed E-state index contributed by atoms with van der Waals surface area (Å²) in [5, 5.41) is 8.65. The van der Waals surface area contributed by atoms with Gasteiger partial charge in [-0.25, -0.2) is 9.67 Å². The van der Waals surface area contributed by atoms with Gasteiger partial charge in [-0.15, -0.1) is 0 Å². The molecular weight excluding hydrogens is 398 g/mol. The molecule has 0 saturated heterocycles. The fraction of sp³-hybridized carbons (Fsp3) is 0.346. The first-order chi connectivity index (χ1) is 15.7. The first kappa shape index (κ1) is 20.6.